The number of hydrazine groups is 1. The molecule has 0 unspecified atom stereocenters. The van der Waals surface area contributed by atoms with E-state index in [-0.39, 0.29) is 5.91 Å². The predicted octanol–water partition coefficient (Wildman–Crippen LogP) is 3.42. The molecule has 0 aliphatic rings. The topological polar surface area (TPSA) is 55.6 Å². The number of hydrogen-bond donors (Lipinski definition) is 1. The molecule has 0 saturated carbocycles. The first kappa shape index (κ1) is 19.1. The number of unbranched alkanes of at least 4 members (excludes halogenated alkanes) is 7. The maximum Gasteiger partial charge on any atom is 0.262 e. The molecule has 2 N–H and O–H groups in total. The molecular weight excluding hydrogens is 252 g/mol. The Morgan fingerprint density at radius 2 is 1.60 bits per heavy atom. The van der Waals surface area contributed by atoms with Crippen LogP contribution in [0.5, 0.6) is 0 Å². The normalized spacial score (nSPS) is 10.6. The van der Waals surface area contributed by atoms with Gasteiger partial charge in [-0.25, -0.2) is 5.84 Å². The second-order valence-electron chi connectivity index (χ2n) is 5.37. The zero-order valence-corrected chi connectivity index (χ0v) is 13.3. The zero-order valence-electron chi connectivity index (χ0n) is 13.3. The molecule has 0 aliphatic carbocycles. The van der Waals surface area contributed by atoms with Crippen molar-refractivity contribution in [2.24, 2.45) is 5.84 Å². The largest absolute Gasteiger partial charge is 0.380 e. The molecule has 0 spiro atoms. The van der Waals surface area contributed by atoms with Crippen LogP contribution in [0.3, 0.4) is 0 Å². The van der Waals surface area contributed by atoms with E-state index in [1.807, 2.05) is 0 Å². The van der Waals surface area contributed by atoms with Gasteiger partial charge in [-0.15, -0.1) is 0 Å². The van der Waals surface area contributed by atoms with Crippen LogP contribution in [0.1, 0.15) is 65.2 Å². The highest BCUT2D eigenvalue weighted by molar-refractivity contribution is 5.91. The molecule has 4 heteroatoms. The molecule has 0 aliphatic heterocycles. The van der Waals surface area contributed by atoms with E-state index in [1.54, 1.807) is 6.92 Å². The lowest BCUT2D eigenvalue weighted by atomic mass is 10.1. The Bertz CT molecular complexity index is 267. The first-order valence-corrected chi connectivity index (χ1v) is 7.89. The summed E-state index contributed by atoms with van der Waals surface area (Å²) in [4.78, 5) is 11.4. The van der Waals surface area contributed by atoms with Crippen molar-refractivity contribution in [3.8, 4) is 0 Å². The first-order chi connectivity index (χ1) is 9.59. The maximum atomic E-state index is 11.4. The van der Waals surface area contributed by atoms with Crippen LogP contribution in [0.25, 0.3) is 0 Å². The van der Waals surface area contributed by atoms with Crippen LogP contribution in [0.15, 0.2) is 12.2 Å². The zero-order chi connectivity index (χ0) is 15.2. The summed E-state index contributed by atoms with van der Waals surface area (Å²) >= 11 is 0. The van der Waals surface area contributed by atoms with Gasteiger partial charge in [-0.2, -0.15) is 0 Å². The third-order valence-electron chi connectivity index (χ3n) is 3.24. The molecule has 0 aromatic rings. The Hall–Kier alpha value is -0.870. The molecule has 0 fully saturated rings. The van der Waals surface area contributed by atoms with Gasteiger partial charge in [0.2, 0.25) is 0 Å². The fraction of sp³-hybridized carbons (Fsp3) is 0.812. The summed E-state index contributed by atoms with van der Waals surface area (Å²) in [5, 5.41) is 1.16. The molecule has 0 heterocycles. The maximum absolute atomic E-state index is 11.4. The van der Waals surface area contributed by atoms with E-state index < -0.39 is 0 Å². The Kier molecular flexibility index (Phi) is 12.6. The number of rotatable bonds is 13. The minimum atomic E-state index is -0.222. The molecule has 0 saturated heterocycles. The number of amides is 1. The molecular formula is C16H32N2O2. The SMILES string of the molecule is C=C(C)C(=O)N(N)CCOCCCCCCCCCC. The van der Waals surface area contributed by atoms with E-state index >= 15 is 0 Å². The number of nitrogens with two attached hydrogens (primary N) is 1. The Labute approximate surface area is 124 Å². The van der Waals surface area contributed by atoms with Crippen LogP contribution in [-0.2, 0) is 9.53 Å². The van der Waals surface area contributed by atoms with E-state index in [2.05, 4.69) is 13.5 Å². The van der Waals surface area contributed by atoms with Crippen molar-refractivity contribution in [2.45, 2.75) is 65.2 Å². The number of ether oxygens (including phenoxy) is 1. The van der Waals surface area contributed by atoms with Crippen molar-refractivity contribution in [2.75, 3.05) is 19.8 Å². The Morgan fingerprint density at radius 3 is 2.15 bits per heavy atom. The van der Waals surface area contributed by atoms with Crippen LogP contribution in [0, 0.1) is 0 Å². The summed E-state index contributed by atoms with van der Waals surface area (Å²) in [6.07, 6.45) is 10.3. The van der Waals surface area contributed by atoms with Gasteiger partial charge >= 0.3 is 0 Å². The number of hydrogen-bond acceptors (Lipinski definition) is 3. The molecule has 0 aromatic heterocycles. The van der Waals surface area contributed by atoms with Crippen molar-refractivity contribution in [1.29, 1.82) is 0 Å². The van der Waals surface area contributed by atoms with Crippen LogP contribution in [0.4, 0.5) is 0 Å². The van der Waals surface area contributed by atoms with Crippen molar-refractivity contribution in [3.63, 3.8) is 0 Å². The highest BCUT2D eigenvalue weighted by Gasteiger charge is 2.08. The summed E-state index contributed by atoms with van der Waals surface area (Å²) in [7, 11) is 0. The van der Waals surface area contributed by atoms with Crippen LogP contribution in [0.2, 0.25) is 0 Å². The van der Waals surface area contributed by atoms with Crippen molar-refractivity contribution in [3.05, 3.63) is 12.2 Å². The van der Waals surface area contributed by atoms with Gasteiger partial charge < -0.3 is 4.74 Å². The van der Waals surface area contributed by atoms with Gasteiger partial charge in [0.1, 0.15) is 0 Å². The molecule has 0 atom stereocenters. The van der Waals surface area contributed by atoms with E-state index in [4.69, 9.17) is 10.6 Å². The first-order valence-electron chi connectivity index (χ1n) is 7.89. The van der Waals surface area contributed by atoms with Gasteiger partial charge in [0, 0.05) is 12.2 Å². The summed E-state index contributed by atoms with van der Waals surface area (Å²) in [6.45, 7) is 9.13. The quantitative estimate of drug-likeness (QED) is 0.185. The fourth-order valence-electron chi connectivity index (χ4n) is 1.95. The Balaban J connectivity index is 3.24. The Morgan fingerprint density at radius 1 is 1.05 bits per heavy atom. The molecule has 0 radical (unpaired) electrons. The average molecular weight is 284 g/mol. The minimum Gasteiger partial charge on any atom is -0.380 e. The lowest BCUT2D eigenvalue weighted by Gasteiger charge is -2.16. The van der Waals surface area contributed by atoms with Crippen molar-refractivity contribution in [1.82, 2.24) is 5.01 Å². The van der Waals surface area contributed by atoms with Crippen LogP contribution >= 0.6 is 0 Å². The van der Waals surface area contributed by atoms with Gasteiger partial charge in [0.25, 0.3) is 5.91 Å². The van der Waals surface area contributed by atoms with Crippen LogP contribution < -0.4 is 5.84 Å². The van der Waals surface area contributed by atoms with Gasteiger partial charge in [0.05, 0.1) is 13.2 Å². The fourth-order valence-corrected chi connectivity index (χ4v) is 1.95. The lowest BCUT2D eigenvalue weighted by molar-refractivity contribution is -0.128. The third-order valence-corrected chi connectivity index (χ3v) is 3.24. The molecule has 4 nitrogen and oxygen atoms in total. The predicted molar refractivity (Wildman–Crippen MR) is 84.1 cm³/mol. The highest BCUT2D eigenvalue weighted by atomic mass is 16.5. The lowest BCUT2D eigenvalue weighted by Crippen LogP contribution is -2.40. The second kappa shape index (κ2) is 13.1. The van der Waals surface area contributed by atoms with Gasteiger partial charge in [-0.1, -0.05) is 58.4 Å². The van der Waals surface area contributed by atoms with E-state index in [9.17, 15) is 4.79 Å². The minimum absolute atomic E-state index is 0.222. The standard InChI is InChI=1S/C16H32N2O2/c1-4-5-6-7-8-9-10-11-13-20-14-12-18(17)16(19)15(2)3/h2,4-14,17H2,1,3H3. The summed E-state index contributed by atoms with van der Waals surface area (Å²) < 4.78 is 5.48. The van der Waals surface area contributed by atoms with Crippen molar-refractivity contribution >= 4 is 5.91 Å². The van der Waals surface area contributed by atoms with E-state index in [0.29, 0.717) is 18.7 Å². The monoisotopic (exact) mass is 284 g/mol. The summed E-state index contributed by atoms with van der Waals surface area (Å²) in [5.41, 5.74) is 0.454. The average Bonchev–Trinajstić information content (AvgIpc) is 2.43. The molecule has 0 bridgehead atoms. The third kappa shape index (κ3) is 11.0. The number of carbonyl (C=O) groups is 1. The highest BCUT2D eigenvalue weighted by Crippen LogP contribution is 2.08. The molecule has 1 amide bonds. The summed E-state index contributed by atoms with van der Waals surface area (Å²) in [6, 6.07) is 0. The van der Waals surface area contributed by atoms with Gasteiger partial charge in [-0.3, -0.25) is 9.80 Å². The van der Waals surface area contributed by atoms with E-state index in [1.165, 1.54) is 44.9 Å². The van der Waals surface area contributed by atoms with Crippen molar-refractivity contribution < 1.29 is 9.53 Å². The van der Waals surface area contributed by atoms with Gasteiger partial charge in [-0.05, 0) is 13.3 Å². The smallest absolute Gasteiger partial charge is 0.262 e. The van der Waals surface area contributed by atoms with E-state index in [0.717, 1.165) is 18.0 Å². The molecule has 0 aromatic carbocycles. The second-order valence-corrected chi connectivity index (χ2v) is 5.37. The van der Waals surface area contributed by atoms with Crippen LogP contribution in [-0.4, -0.2) is 30.7 Å². The molecule has 20 heavy (non-hydrogen) atoms. The number of nitrogens with zero attached hydrogens (tertiary/aromatic N) is 1. The molecule has 0 rings (SSSR count). The molecule has 118 valence electrons. The van der Waals surface area contributed by atoms with Gasteiger partial charge in [0.15, 0.2) is 0 Å². The number of carbonyl (C=O) groups excluding carboxylic acids is 1. The summed E-state index contributed by atoms with van der Waals surface area (Å²) in [5.74, 6) is 5.36.